The second kappa shape index (κ2) is 7.21. The Bertz CT molecular complexity index is 841. The molecule has 0 bridgehead atoms. The molecular formula is C20H25N3O2. The summed E-state index contributed by atoms with van der Waals surface area (Å²) in [4.78, 5) is 26.6. The molecule has 0 spiro atoms. The first-order chi connectivity index (χ1) is 12.0. The van der Waals surface area contributed by atoms with Crippen molar-refractivity contribution in [2.75, 3.05) is 6.54 Å². The van der Waals surface area contributed by atoms with Gasteiger partial charge in [0.25, 0.3) is 5.56 Å². The number of hydrogen-bond donors (Lipinski definition) is 0. The number of hydrogen-bond acceptors (Lipinski definition) is 3. The lowest BCUT2D eigenvalue weighted by Crippen LogP contribution is -2.45. The molecule has 5 nitrogen and oxygen atoms in total. The highest BCUT2D eigenvalue weighted by molar-refractivity contribution is 5.76. The number of benzene rings is 1. The molecule has 1 fully saturated rings. The Morgan fingerprint density at radius 1 is 1.16 bits per heavy atom. The molecule has 1 aliphatic heterocycles. The van der Waals surface area contributed by atoms with Crippen LogP contribution in [0, 0.1) is 13.8 Å². The first-order valence-electron chi connectivity index (χ1n) is 8.91. The fourth-order valence-electron chi connectivity index (χ4n) is 3.30. The second-order valence-electron chi connectivity index (χ2n) is 6.95. The minimum atomic E-state index is -0.245. The van der Waals surface area contributed by atoms with Crippen molar-refractivity contribution >= 4 is 5.91 Å². The van der Waals surface area contributed by atoms with Gasteiger partial charge in [-0.05, 0) is 63.3 Å². The van der Waals surface area contributed by atoms with Gasteiger partial charge in [-0.3, -0.25) is 9.59 Å². The van der Waals surface area contributed by atoms with Crippen LogP contribution < -0.4 is 5.56 Å². The Morgan fingerprint density at radius 2 is 1.96 bits per heavy atom. The van der Waals surface area contributed by atoms with E-state index in [1.807, 2.05) is 17.0 Å². The molecule has 0 unspecified atom stereocenters. The molecule has 3 rings (SSSR count). The van der Waals surface area contributed by atoms with Crippen LogP contribution in [-0.4, -0.2) is 33.2 Å². The molecule has 2 aromatic rings. The van der Waals surface area contributed by atoms with Gasteiger partial charge in [0.15, 0.2) is 0 Å². The highest BCUT2D eigenvalue weighted by Crippen LogP contribution is 2.20. The number of piperidine rings is 1. The Labute approximate surface area is 148 Å². The van der Waals surface area contributed by atoms with Crippen molar-refractivity contribution in [2.45, 2.75) is 52.6 Å². The van der Waals surface area contributed by atoms with Crippen LogP contribution in [0.25, 0.3) is 11.3 Å². The van der Waals surface area contributed by atoms with Gasteiger partial charge in [0, 0.05) is 24.2 Å². The summed E-state index contributed by atoms with van der Waals surface area (Å²) in [6.45, 7) is 6.95. The van der Waals surface area contributed by atoms with Gasteiger partial charge in [-0.25, -0.2) is 4.68 Å². The number of carbonyl (C=O) groups excluding carboxylic acids is 1. The van der Waals surface area contributed by atoms with Crippen LogP contribution in [0.4, 0.5) is 0 Å². The van der Waals surface area contributed by atoms with E-state index >= 15 is 0 Å². The summed E-state index contributed by atoms with van der Waals surface area (Å²) in [5, 5.41) is 4.43. The van der Waals surface area contributed by atoms with Crippen LogP contribution in [0.3, 0.4) is 0 Å². The number of rotatable bonds is 3. The highest BCUT2D eigenvalue weighted by Gasteiger charge is 2.23. The third-order valence-corrected chi connectivity index (χ3v) is 5.08. The molecule has 1 aromatic heterocycles. The van der Waals surface area contributed by atoms with Crippen LogP contribution in [0.5, 0.6) is 0 Å². The van der Waals surface area contributed by atoms with Gasteiger partial charge >= 0.3 is 0 Å². The van der Waals surface area contributed by atoms with Crippen LogP contribution >= 0.6 is 0 Å². The van der Waals surface area contributed by atoms with Crippen molar-refractivity contribution < 1.29 is 4.79 Å². The van der Waals surface area contributed by atoms with Crippen LogP contribution in [0.15, 0.2) is 35.1 Å². The zero-order valence-corrected chi connectivity index (χ0v) is 15.2. The predicted molar refractivity (Wildman–Crippen MR) is 98.4 cm³/mol. The first kappa shape index (κ1) is 17.4. The molecular weight excluding hydrogens is 314 g/mol. The molecule has 132 valence electrons. The van der Waals surface area contributed by atoms with E-state index in [1.54, 1.807) is 6.07 Å². The minimum absolute atomic E-state index is 0.00184. The highest BCUT2D eigenvalue weighted by atomic mass is 16.2. The molecule has 0 saturated carbocycles. The average Bonchev–Trinajstić information content (AvgIpc) is 2.59. The van der Waals surface area contributed by atoms with Gasteiger partial charge in [-0.2, -0.15) is 5.10 Å². The van der Waals surface area contributed by atoms with Crippen molar-refractivity contribution in [1.29, 1.82) is 0 Å². The zero-order valence-electron chi connectivity index (χ0n) is 15.2. The molecule has 1 amide bonds. The number of aromatic nitrogens is 2. The van der Waals surface area contributed by atoms with Crippen molar-refractivity contribution in [1.82, 2.24) is 14.7 Å². The molecule has 1 aliphatic rings. The smallest absolute Gasteiger partial charge is 0.267 e. The lowest BCUT2D eigenvalue weighted by atomic mass is 10.0. The lowest BCUT2D eigenvalue weighted by molar-refractivity contribution is -0.135. The third-order valence-electron chi connectivity index (χ3n) is 5.08. The maximum absolute atomic E-state index is 12.6. The molecule has 0 aliphatic carbocycles. The standard InChI is InChI=1S/C20H25N3O2/c1-14-7-8-17(12-15(14)2)18-9-10-19(24)23(21-18)13-20(25)22-11-5-4-6-16(22)3/h7-10,12,16H,4-6,11,13H2,1-3H3/t16-/m0/s1. The van der Waals surface area contributed by atoms with Crippen molar-refractivity contribution in [3.05, 3.63) is 51.8 Å². The largest absolute Gasteiger partial charge is 0.338 e. The molecule has 5 heteroatoms. The van der Waals surface area contributed by atoms with Crippen molar-refractivity contribution in [3.8, 4) is 11.3 Å². The minimum Gasteiger partial charge on any atom is -0.338 e. The average molecular weight is 339 g/mol. The Balaban J connectivity index is 1.85. The van der Waals surface area contributed by atoms with E-state index in [0.29, 0.717) is 5.69 Å². The molecule has 2 heterocycles. The molecule has 0 radical (unpaired) electrons. The number of carbonyl (C=O) groups is 1. The second-order valence-corrected chi connectivity index (χ2v) is 6.95. The zero-order chi connectivity index (χ0) is 18.0. The van der Waals surface area contributed by atoms with Crippen LogP contribution in [0.1, 0.15) is 37.3 Å². The summed E-state index contributed by atoms with van der Waals surface area (Å²) in [7, 11) is 0. The van der Waals surface area contributed by atoms with E-state index in [2.05, 4.69) is 31.9 Å². The van der Waals surface area contributed by atoms with Crippen LogP contribution in [0.2, 0.25) is 0 Å². The third kappa shape index (κ3) is 3.81. The summed E-state index contributed by atoms with van der Waals surface area (Å²) < 4.78 is 1.29. The van der Waals surface area contributed by atoms with Crippen LogP contribution in [-0.2, 0) is 11.3 Å². The van der Waals surface area contributed by atoms with Crippen molar-refractivity contribution in [2.24, 2.45) is 0 Å². The normalized spacial score (nSPS) is 17.6. The number of amides is 1. The van der Waals surface area contributed by atoms with Gasteiger partial charge in [-0.1, -0.05) is 12.1 Å². The summed E-state index contributed by atoms with van der Waals surface area (Å²) in [5.74, 6) is -0.0287. The van der Waals surface area contributed by atoms with Gasteiger partial charge < -0.3 is 4.90 Å². The van der Waals surface area contributed by atoms with Gasteiger partial charge in [-0.15, -0.1) is 0 Å². The number of likely N-dealkylation sites (tertiary alicyclic amines) is 1. The monoisotopic (exact) mass is 339 g/mol. The summed E-state index contributed by atoms with van der Waals surface area (Å²) >= 11 is 0. The predicted octanol–water partition coefficient (Wildman–Crippen LogP) is 2.93. The van der Waals surface area contributed by atoms with E-state index in [4.69, 9.17) is 0 Å². The molecule has 0 N–H and O–H groups in total. The first-order valence-corrected chi connectivity index (χ1v) is 8.91. The SMILES string of the molecule is Cc1ccc(-c2ccc(=O)n(CC(=O)N3CCCC[C@@H]3C)n2)cc1C. The lowest BCUT2D eigenvalue weighted by Gasteiger charge is -2.33. The maximum Gasteiger partial charge on any atom is 0.267 e. The topological polar surface area (TPSA) is 55.2 Å². The van der Waals surface area contributed by atoms with E-state index < -0.39 is 0 Å². The maximum atomic E-state index is 12.6. The molecule has 1 atom stereocenters. The summed E-state index contributed by atoms with van der Waals surface area (Å²) in [6, 6.07) is 9.54. The Kier molecular flexibility index (Phi) is 5.02. The van der Waals surface area contributed by atoms with E-state index in [0.717, 1.165) is 31.4 Å². The summed E-state index contributed by atoms with van der Waals surface area (Å²) in [6.07, 6.45) is 3.21. The molecule has 1 saturated heterocycles. The molecule has 1 aromatic carbocycles. The van der Waals surface area contributed by atoms with Gasteiger partial charge in [0.2, 0.25) is 5.91 Å². The summed E-state index contributed by atoms with van der Waals surface area (Å²) in [5.41, 5.74) is 3.81. The van der Waals surface area contributed by atoms with E-state index in [9.17, 15) is 9.59 Å². The Hall–Kier alpha value is -2.43. The molecule has 25 heavy (non-hydrogen) atoms. The fraction of sp³-hybridized carbons (Fsp3) is 0.450. The number of aryl methyl sites for hydroxylation is 2. The quantitative estimate of drug-likeness (QED) is 0.864. The van der Waals surface area contributed by atoms with E-state index in [-0.39, 0.29) is 24.1 Å². The van der Waals surface area contributed by atoms with Crippen molar-refractivity contribution in [3.63, 3.8) is 0 Å². The van der Waals surface area contributed by atoms with Gasteiger partial charge in [0.1, 0.15) is 6.54 Å². The fourth-order valence-corrected chi connectivity index (χ4v) is 3.30. The number of nitrogens with zero attached hydrogens (tertiary/aromatic N) is 3. The Morgan fingerprint density at radius 3 is 2.68 bits per heavy atom. The van der Waals surface area contributed by atoms with E-state index in [1.165, 1.54) is 21.9 Å². The van der Waals surface area contributed by atoms with Gasteiger partial charge in [0.05, 0.1) is 5.69 Å².